The van der Waals surface area contributed by atoms with Gasteiger partial charge in [-0.1, -0.05) is 32.0 Å². The summed E-state index contributed by atoms with van der Waals surface area (Å²) in [6, 6.07) is 14.2. The van der Waals surface area contributed by atoms with Crippen LogP contribution in [0.2, 0.25) is 0 Å². The number of ether oxygens (including phenoxy) is 3. The average Bonchev–Trinajstić information content (AvgIpc) is 3.19. The van der Waals surface area contributed by atoms with Gasteiger partial charge >= 0.3 is 5.97 Å². The van der Waals surface area contributed by atoms with Crippen LogP contribution in [0.3, 0.4) is 0 Å². The number of esters is 1. The first kappa shape index (κ1) is 18.7. The molecule has 4 rings (SSSR count). The van der Waals surface area contributed by atoms with Gasteiger partial charge in [-0.3, -0.25) is 9.78 Å². The van der Waals surface area contributed by atoms with Crippen molar-refractivity contribution in [3.05, 3.63) is 59.8 Å². The standard InChI is InChI=1S/C22H20N2O5/c1-13(2)18-10-16(15-5-3-4-6-17(15)24-18)22(26)27-11-21(25)23-14-7-8-19-20(9-14)29-12-28-19/h3-10,13H,11-12H2,1-2H3,(H,23,25). The molecule has 0 unspecified atom stereocenters. The van der Waals surface area contributed by atoms with Gasteiger partial charge in [0.15, 0.2) is 18.1 Å². The number of rotatable bonds is 5. The Labute approximate surface area is 167 Å². The lowest BCUT2D eigenvalue weighted by molar-refractivity contribution is -0.119. The minimum atomic E-state index is -0.564. The molecule has 3 aromatic rings. The molecule has 1 N–H and O–H groups in total. The Balaban J connectivity index is 1.46. The van der Waals surface area contributed by atoms with Gasteiger partial charge in [0.1, 0.15) is 0 Å². The van der Waals surface area contributed by atoms with E-state index in [0.29, 0.717) is 28.1 Å². The van der Waals surface area contributed by atoms with Crippen LogP contribution < -0.4 is 14.8 Å². The smallest absolute Gasteiger partial charge is 0.339 e. The molecule has 148 valence electrons. The fourth-order valence-electron chi connectivity index (χ4n) is 3.04. The topological polar surface area (TPSA) is 86.8 Å². The summed E-state index contributed by atoms with van der Waals surface area (Å²) in [6.45, 7) is 3.76. The first-order valence-electron chi connectivity index (χ1n) is 9.27. The maximum absolute atomic E-state index is 12.7. The molecule has 1 aliphatic heterocycles. The Morgan fingerprint density at radius 1 is 1.10 bits per heavy atom. The van der Waals surface area contributed by atoms with E-state index in [-0.39, 0.29) is 12.7 Å². The molecule has 7 nitrogen and oxygen atoms in total. The first-order valence-corrected chi connectivity index (χ1v) is 9.27. The summed E-state index contributed by atoms with van der Waals surface area (Å²) in [5.74, 6) is 0.329. The second-order valence-corrected chi connectivity index (χ2v) is 6.96. The van der Waals surface area contributed by atoms with Crippen LogP contribution in [0, 0.1) is 0 Å². The second-order valence-electron chi connectivity index (χ2n) is 6.96. The molecule has 0 radical (unpaired) electrons. The molecule has 0 aliphatic carbocycles. The van der Waals surface area contributed by atoms with Crippen molar-refractivity contribution in [3.8, 4) is 11.5 Å². The highest BCUT2D eigenvalue weighted by atomic mass is 16.7. The van der Waals surface area contributed by atoms with E-state index in [9.17, 15) is 9.59 Å². The third kappa shape index (κ3) is 3.99. The van der Waals surface area contributed by atoms with E-state index in [4.69, 9.17) is 14.2 Å². The number of fused-ring (bicyclic) bond motifs is 2. The van der Waals surface area contributed by atoms with E-state index in [1.807, 2.05) is 38.1 Å². The van der Waals surface area contributed by atoms with Crippen LogP contribution >= 0.6 is 0 Å². The second kappa shape index (κ2) is 7.79. The summed E-state index contributed by atoms with van der Waals surface area (Å²) in [5, 5.41) is 3.37. The summed E-state index contributed by atoms with van der Waals surface area (Å²) in [6.07, 6.45) is 0. The average molecular weight is 392 g/mol. The Kier molecular flexibility index (Phi) is 5.03. The largest absolute Gasteiger partial charge is 0.454 e. The Hall–Kier alpha value is -3.61. The van der Waals surface area contributed by atoms with Crippen molar-refractivity contribution >= 4 is 28.5 Å². The zero-order valence-corrected chi connectivity index (χ0v) is 16.1. The number of aromatic nitrogens is 1. The van der Waals surface area contributed by atoms with Gasteiger partial charge in [0.25, 0.3) is 5.91 Å². The van der Waals surface area contributed by atoms with Crippen molar-refractivity contribution in [2.24, 2.45) is 0 Å². The number of carbonyl (C=O) groups excluding carboxylic acids is 2. The summed E-state index contributed by atoms with van der Waals surface area (Å²) in [7, 11) is 0. The summed E-state index contributed by atoms with van der Waals surface area (Å²) in [5.41, 5.74) is 2.44. The Morgan fingerprint density at radius 2 is 1.90 bits per heavy atom. The van der Waals surface area contributed by atoms with Gasteiger partial charge < -0.3 is 19.5 Å². The van der Waals surface area contributed by atoms with E-state index in [2.05, 4.69) is 10.3 Å². The Morgan fingerprint density at radius 3 is 2.72 bits per heavy atom. The number of pyridine rings is 1. The number of hydrogen-bond acceptors (Lipinski definition) is 6. The molecule has 0 saturated heterocycles. The zero-order chi connectivity index (χ0) is 20.4. The molecule has 0 bridgehead atoms. The molecule has 29 heavy (non-hydrogen) atoms. The van der Waals surface area contributed by atoms with Gasteiger partial charge in [0.05, 0.1) is 11.1 Å². The van der Waals surface area contributed by atoms with Crippen LogP contribution in [0.5, 0.6) is 11.5 Å². The lowest BCUT2D eigenvalue weighted by atomic mass is 10.0. The summed E-state index contributed by atoms with van der Waals surface area (Å²) >= 11 is 0. The number of nitrogens with zero attached hydrogens (tertiary/aromatic N) is 1. The normalized spacial score (nSPS) is 12.2. The molecule has 0 atom stereocenters. The number of amides is 1. The molecule has 1 aromatic heterocycles. The maximum atomic E-state index is 12.7. The molecule has 2 aromatic carbocycles. The highest BCUT2D eigenvalue weighted by molar-refractivity contribution is 6.04. The predicted octanol–water partition coefficient (Wildman–Crippen LogP) is 3.88. The molecule has 1 aliphatic rings. The van der Waals surface area contributed by atoms with Crippen molar-refractivity contribution in [3.63, 3.8) is 0 Å². The molecular formula is C22H20N2O5. The van der Waals surface area contributed by atoms with Crippen molar-refractivity contribution in [2.75, 3.05) is 18.7 Å². The minimum Gasteiger partial charge on any atom is -0.454 e. The number of para-hydroxylation sites is 1. The lowest BCUT2D eigenvalue weighted by Crippen LogP contribution is -2.21. The van der Waals surface area contributed by atoms with Crippen LogP contribution in [-0.2, 0) is 9.53 Å². The van der Waals surface area contributed by atoms with Gasteiger partial charge in [0.2, 0.25) is 6.79 Å². The lowest BCUT2D eigenvalue weighted by Gasteiger charge is -2.12. The minimum absolute atomic E-state index is 0.153. The van der Waals surface area contributed by atoms with Crippen molar-refractivity contribution in [1.82, 2.24) is 4.98 Å². The van der Waals surface area contributed by atoms with Gasteiger partial charge in [-0.15, -0.1) is 0 Å². The summed E-state index contributed by atoms with van der Waals surface area (Å²) < 4.78 is 15.8. The monoisotopic (exact) mass is 392 g/mol. The number of carbonyl (C=O) groups is 2. The van der Waals surface area contributed by atoms with Crippen LogP contribution in [0.1, 0.15) is 35.8 Å². The van der Waals surface area contributed by atoms with Crippen molar-refractivity contribution in [1.29, 1.82) is 0 Å². The van der Waals surface area contributed by atoms with Crippen LogP contribution in [0.4, 0.5) is 5.69 Å². The summed E-state index contributed by atoms with van der Waals surface area (Å²) in [4.78, 5) is 29.5. The molecular weight excluding hydrogens is 372 g/mol. The fourth-order valence-corrected chi connectivity index (χ4v) is 3.04. The third-order valence-corrected chi connectivity index (χ3v) is 4.54. The fraction of sp³-hybridized carbons (Fsp3) is 0.227. The van der Waals surface area contributed by atoms with Gasteiger partial charge in [-0.05, 0) is 30.2 Å². The number of hydrogen-bond donors (Lipinski definition) is 1. The van der Waals surface area contributed by atoms with E-state index in [0.717, 1.165) is 11.2 Å². The quantitative estimate of drug-likeness (QED) is 0.663. The Bertz CT molecular complexity index is 1090. The maximum Gasteiger partial charge on any atom is 0.339 e. The van der Waals surface area contributed by atoms with E-state index < -0.39 is 18.5 Å². The predicted molar refractivity (Wildman–Crippen MR) is 107 cm³/mol. The van der Waals surface area contributed by atoms with Crippen LogP contribution in [-0.4, -0.2) is 30.3 Å². The van der Waals surface area contributed by atoms with Gasteiger partial charge in [0, 0.05) is 22.8 Å². The molecule has 1 amide bonds. The van der Waals surface area contributed by atoms with E-state index in [1.54, 1.807) is 24.3 Å². The highest BCUT2D eigenvalue weighted by Crippen LogP contribution is 2.34. The highest BCUT2D eigenvalue weighted by Gasteiger charge is 2.18. The number of anilines is 1. The van der Waals surface area contributed by atoms with E-state index >= 15 is 0 Å². The molecule has 0 saturated carbocycles. The molecule has 2 heterocycles. The van der Waals surface area contributed by atoms with Crippen molar-refractivity contribution in [2.45, 2.75) is 19.8 Å². The van der Waals surface area contributed by atoms with Crippen molar-refractivity contribution < 1.29 is 23.8 Å². The number of nitrogens with one attached hydrogen (secondary N) is 1. The third-order valence-electron chi connectivity index (χ3n) is 4.54. The molecule has 0 fully saturated rings. The van der Waals surface area contributed by atoms with Gasteiger partial charge in [-0.2, -0.15) is 0 Å². The zero-order valence-electron chi connectivity index (χ0n) is 16.1. The number of benzene rings is 2. The first-order chi connectivity index (χ1) is 14.0. The SMILES string of the molecule is CC(C)c1cc(C(=O)OCC(=O)Nc2ccc3c(c2)OCO3)c2ccccc2n1. The van der Waals surface area contributed by atoms with Crippen LogP contribution in [0.15, 0.2) is 48.5 Å². The van der Waals surface area contributed by atoms with Gasteiger partial charge in [-0.25, -0.2) is 4.79 Å². The molecule has 7 heteroatoms. The van der Waals surface area contributed by atoms with E-state index in [1.165, 1.54) is 0 Å². The van der Waals surface area contributed by atoms with Crippen LogP contribution in [0.25, 0.3) is 10.9 Å². The molecule has 0 spiro atoms.